The molecule has 2 rings (SSSR count). The van der Waals surface area contributed by atoms with E-state index in [1.54, 1.807) is 4.68 Å². The van der Waals surface area contributed by atoms with E-state index >= 15 is 0 Å². The maximum atomic E-state index is 5.63. The van der Waals surface area contributed by atoms with Crippen LogP contribution < -0.4 is 5.73 Å². The lowest BCUT2D eigenvalue weighted by atomic mass is 10.2. The molecule has 4 heteroatoms. The number of para-hydroxylation sites is 1. The summed E-state index contributed by atoms with van der Waals surface area (Å²) in [7, 11) is 0. The number of benzene rings is 1. The monoisotopic (exact) mass is 188 g/mol. The summed E-state index contributed by atoms with van der Waals surface area (Å²) in [5.41, 5.74) is 8.68. The Bertz CT molecular complexity index is 459. The highest BCUT2D eigenvalue weighted by molar-refractivity contribution is 5.44. The third-order valence-electron chi connectivity index (χ3n) is 2.27. The van der Waals surface area contributed by atoms with Gasteiger partial charge in [0.05, 0.1) is 11.4 Å². The van der Waals surface area contributed by atoms with Crippen molar-refractivity contribution in [3.63, 3.8) is 0 Å². The Balaban J connectivity index is 2.60. The van der Waals surface area contributed by atoms with E-state index in [0.717, 1.165) is 16.9 Å². The van der Waals surface area contributed by atoms with Gasteiger partial charge in [-0.2, -0.15) is 0 Å². The number of hydrogen-bond acceptors (Lipinski definition) is 3. The summed E-state index contributed by atoms with van der Waals surface area (Å²) in [6, 6.07) is 8.00. The summed E-state index contributed by atoms with van der Waals surface area (Å²) < 4.78 is 1.75. The Morgan fingerprint density at radius 1 is 1.21 bits per heavy atom. The molecule has 4 nitrogen and oxygen atoms in total. The molecular formula is C10H12N4. The Hall–Kier alpha value is -1.84. The topological polar surface area (TPSA) is 56.7 Å². The van der Waals surface area contributed by atoms with Crippen LogP contribution in [0.2, 0.25) is 0 Å². The van der Waals surface area contributed by atoms with Crippen molar-refractivity contribution in [2.45, 2.75) is 13.8 Å². The summed E-state index contributed by atoms with van der Waals surface area (Å²) in [5, 5.41) is 7.81. The van der Waals surface area contributed by atoms with E-state index < -0.39 is 0 Å². The van der Waals surface area contributed by atoms with Crippen molar-refractivity contribution < 1.29 is 0 Å². The fourth-order valence-corrected chi connectivity index (χ4v) is 1.37. The molecule has 0 saturated carbocycles. The summed E-state index contributed by atoms with van der Waals surface area (Å²) in [4.78, 5) is 0. The van der Waals surface area contributed by atoms with Gasteiger partial charge in [-0.05, 0) is 25.5 Å². The molecule has 0 spiro atoms. The van der Waals surface area contributed by atoms with Crippen molar-refractivity contribution in [1.29, 1.82) is 0 Å². The lowest BCUT2D eigenvalue weighted by Crippen LogP contribution is -2.01. The third kappa shape index (κ3) is 1.25. The van der Waals surface area contributed by atoms with Gasteiger partial charge in [-0.1, -0.05) is 23.4 Å². The van der Waals surface area contributed by atoms with Gasteiger partial charge in [-0.15, -0.1) is 5.10 Å². The molecular weight excluding hydrogens is 176 g/mol. The largest absolute Gasteiger partial charge is 0.381 e. The summed E-state index contributed by atoms with van der Waals surface area (Å²) in [6.07, 6.45) is 0. The molecule has 1 aromatic carbocycles. The average Bonchev–Trinajstić information content (AvgIpc) is 2.49. The smallest absolute Gasteiger partial charge is 0.169 e. The summed E-state index contributed by atoms with van der Waals surface area (Å²) >= 11 is 0. The first-order chi connectivity index (χ1) is 6.70. The summed E-state index contributed by atoms with van der Waals surface area (Å²) in [5.74, 6) is 0.480. The van der Waals surface area contributed by atoms with Gasteiger partial charge >= 0.3 is 0 Å². The minimum absolute atomic E-state index is 0.480. The van der Waals surface area contributed by atoms with Crippen molar-refractivity contribution in [3.8, 4) is 5.69 Å². The molecule has 14 heavy (non-hydrogen) atoms. The van der Waals surface area contributed by atoms with E-state index in [1.165, 1.54) is 0 Å². The second-order valence-corrected chi connectivity index (χ2v) is 3.26. The molecule has 1 aromatic heterocycles. The highest BCUT2D eigenvalue weighted by atomic mass is 15.4. The molecule has 0 aliphatic heterocycles. The molecule has 72 valence electrons. The van der Waals surface area contributed by atoms with Crippen LogP contribution in [0, 0.1) is 13.8 Å². The highest BCUT2D eigenvalue weighted by Gasteiger charge is 2.07. The van der Waals surface area contributed by atoms with E-state index in [4.69, 9.17) is 5.73 Å². The zero-order valence-corrected chi connectivity index (χ0v) is 8.23. The van der Waals surface area contributed by atoms with E-state index in [1.807, 2.05) is 38.1 Å². The maximum absolute atomic E-state index is 5.63. The quantitative estimate of drug-likeness (QED) is 0.737. The zero-order chi connectivity index (χ0) is 10.1. The van der Waals surface area contributed by atoms with Gasteiger partial charge in [-0.25, -0.2) is 4.68 Å². The van der Waals surface area contributed by atoms with Gasteiger partial charge in [0.1, 0.15) is 0 Å². The fourth-order valence-electron chi connectivity index (χ4n) is 1.37. The lowest BCUT2D eigenvalue weighted by molar-refractivity contribution is 0.781. The predicted molar refractivity (Wildman–Crippen MR) is 55.2 cm³/mol. The molecule has 0 saturated heterocycles. The zero-order valence-electron chi connectivity index (χ0n) is 8.23. The lowest BCUT2D eigenvalue weighted by Gasteiger charge is -2.05. The third-order valence-corrected chi connectivity index (χ3v) is 2.27. The highest BCUT2D eigenvalue weighted by Crippen LogP contribution is 2.16. The van der Waals surface area contributed by atoms with E-state index in [-0.39, 0.29) is 0 Å². The first kappa shape index (κ1) is 8.74. The maximum Gasteiger partial charge on any atom is 0.169 e. The Kier molecular flexibility index (Phi) is 1.96. The van der Waals surface area contributed by atoms with Crippen LogP contribution >= 0.6 is 0 Å². The van der Waals surface area contributed by atoms with Crippen LogP contribution in [0.3, 0.4) is 0 Å². The minimum Gasteiger partial charge on any atom is -0.381 e. The standard InChI is InChI=1S/C10H12N4/c1-7-5-3-4-6-9(7)14-8(2)10(11)12-13-14/h3-6H,11H2,1-2H3. The SMILES string of the molecule is Cc1ccccc1-n1nnc(N)c1C. The van der Waals surface area contributed by atoms with Crippen LogP contribution in [0.4, 0.5) is 5.82 Å². The molecule has 0 aliphatic rings. The summed E-state index contributed by atoms with van der Waals surface area (Å²) in [6.45, 7) is 3.94. The fraction of sp³-hybridized carbons (Fsp3) is 0.200. The van der Waals surface area contributed by atoms with Crippen LogP contribution in [0.15, 0.2) is 24.3 Å². The molecule has 1 heterocycles. The van der Waals surface area contributed by atoms with Crippen LogP contribution in [0.1, 0.15) is 11.3 Å². The number of anilines is 1. The van der Waals surface area contributed by atoms with Crippen LogP contribution in [0.25, 0.3) is 5.69 Å². The number of aromatic nitrogens is 3. The number of rotatable bonds is 1. The second-order valence-electron chi connectivity index (χ2n) is 3.26. The molecule has 0 atom stereocenters. The Morgan fingerprint density at radius 3 is 2.50 bits per heavy atom. The number of nitrogens with zero attached hydrogens (tertiary/aromatic N) is 3. The first-order valence-electron chi connectivity index (χ1n) is 4.44. The number of nitrogen functional groups attached to an aromatic ring is 1. The van der Waals surface area contributed by atoms with Crippen LogP contribution in [-0.2, 0) is 0 Å². The van der Waals surface area contributed by atoms with Crippen molar-refractivity contribution in [3.05, 3.63) is 35.5 Å². The van der Waals surface area contributed by atoms with Gasteiger partial charge in [0.2, 0.25) is 0 Å². The van der Waals surface area contributed by atoms with Crippen LogP contribution in [0.5, 0.6) is 0 Å². The second kappa shape index (κ2) is 3.14. The molecule has 0 radical (unpaired) electrons. The van der Waals surface area contributed by atoms with Gasteiger partial charge in [0.25, 0.3) is 0 Å². The van der Waals surface area contributed by atoms with E-state index in [9.17, 15) is 0 Å². The predicted octanol–water partition coefficient (Wildman–Crippen LogP) is 1.47. The van der Waals surface area contributed by atoms with Crippen molar-refractivity contribution in [2.24, 2.45) is 0 Å². The van der Waals surface area contributed by atoms with Gasteiger partial charge in [0.15, 0.2) is 5.82 Å². The molecule has 2 aromatic rings. The van der Waals surface area contributed by atoms with Gasteiger partial charge in [0, 0.05) is 0 Å². The van der Waals surface area contributed by atoms with Gasteiger partial charge < -0.3 is 5.73 Å². The molecule has 0 fully saturated rings. The molecule has 0 unspecified atom stereocenters. The number of nitrogens with two attached hydrogens (primary N) is 1. The first-order valence-corrected chi connectivity index (χ1v) is 4.44. The van der Waals surface area contributed by atoms with Crippen LogP contribution in [-0.4, -0.2) is 15.0 Å². The van der Waals surface area contributed by atoms with Gasteiger partial charge in [-0.3, -0.25) is 0 Å². The van der Waals surface area contributed by atoms with E-state index in [0.29, 0.717) is 5.82 Å². The molecule has 0 aliphatic carbocycles. The molecule has 0 bridgehead atoms. The average molecular weight is 188 g/mol. The Labute approximate surface area is 82.4 Å². The molecule has 2 N–H and O–H groups in total. The molecule has 0 amide bonds. The minimum atomic E-state index is 0.480. The normalized spacial score (nSPS) is 10.4. The Morgan fingerprint density at radius 2 is 1.93 bits per heavy atom. The van der Waals surface area contributed by atoms with Crippen molar-refractivity contribution in [1.82, 2.24) is 15.0 Å². The number of aryl methyl sites for hydroxylation is 1. The van der Waals surface area contributed by atoms with Crippen molar-refractivity contribution >= 4 is 5.82 Å². The van der Waals surface area contributed by atoms with Crippen molar-refractivity contribution in [2.75, 3.05) is 5.73 Å². The van der Waals surface area contributed by atoms with E-state index in [2.05, 4.69) is 10.3 Å². The number of hydrogen-bond donors (Lipinski definition) is 1.